The molecular weight excluding hydrogens is 254 g/mol. The van der Waals surface area contributed by atoms with Crippen LogP contribution in [0.3, 0.4) is 0 Å². The van der Waals surface area contributed by atoms with Gasteiger partial charge in [-0.2, -0.15) is 0 Å². The normalized spacial score (nSPS) is 24.1. The van der Waals surface area contributed by atoms with Crippen LogP contribution in [0, 0.1) is 11.8 Å². The maximum absolute atomic E-state index is 12.3. The predicted molar refractivity (Wildman–Crippen MR) is 79.4 cm³/mol. The highest BCUT2D eigenvalue weighted by Gasteiger charge is 2.36. The molecule has 4 heteroatoms. The van der Waals surface area contributed by atoms with Gasteiger partial charge >= 0.3 is 5.97 Å². The summed E-state index contributed by atoms with van der Waals surface area (Å²) >= 11 is 0. The van der Waals surface area contributed by atoms with E-state index in [2.05, 4.69) is 19.2 Å². The zero-order chi connectivity index (χ0) is 15.0. The summed E-state index contributed by atoms with van der Waals surface area (Å²) in [5, 5.41) is 12.3. The molecule has 1 fully saturated rings. The van der Waals surface area contributed by atoms with Gasteiger partial charge in [0.2, 0.25) is 5.91 Å². The molecule has 0 saturated heterocycles. The standard InChI is InChI=1S/C16H29NO3/c1-3-5-6-9-12(4-2)17-15(18)13-10-7-8-11-14(13)16(19)20/h12-14H,3-11H2,1-2H3,(H,17,18)(H,19,20). The van der Waals surface area contributed by atoms with Crippen molar-refractivity contribution in [3.63, 3.8) is 0 Å². The van der Waals surface area contributed by atoms with E-state index in [0.717, 1.165) is 32.1 Å². The fraction of sp³-hybridized carbons (Fsp3) is 0.875. The van der Waals surface area contributed by atoms with Gasteiger partial charge in [0.05, 0.1) is 11.8 Å². The zero-order valence-electron chi connectivity index (χ0n) is 12.9. The minimum Gasteiger partial charge on any atom is -0.481 e. The molecule has 0 aromatic rings. The predicted octanol–water partition coefficient (Wildman–Crippen LogP) is 3.35. The molecule has 2 N–H and O–H groups in total. The van der Waals surface area contributed by atoms with Gasteiger partial charge in [0.15, 0.2) is 0 Å². The smallest absolute Gasteiger partial charge is 0.307 e. The van der Waals surface area contributed by atoms with Gasteiger partial charge in [0.25, 0.3) is 0 Å². The number of unbranched alkanes of at least 4 members (excludes halogenated alkanes) is 2. The number of amides is 1. The average Bonchev–Trinajstić information content (AvgIpc) is 2.46. The van der Waals surface area contributed by atoms with E-state index >= 15 is 0 Å². The van der Waals surface area contributed by atoms with Crippen LogP contribution in [0.4, 0.5) is 0 Å². The Balaban J connectivity index is 2.51. The molecule has 0 aromatic heterocycles. The molecule has 0 aromatic carbocycles. The van der Waals surface area contributed by atoms with E-state index in [1.807, 2.05) is 0 Å². The second kappa shape index (κ2) is 8.98. The van der Waals surface area contributed by atoms with E-state index in [-0.39, 0.29) is 17.9 Å². The highest BCUT2D eigenvalue weighted by molar-refractivity contribution is 5.85. The maximum Gasteiger partial charge on any atom is 0.307 e. The van der Waals surface area contributed by atoms with Crippen LogP contribution in [0.15, 0.2) is 0 Å². The van der Waals surface area contributed by atoms with Crippen molar-refractivity contribution < 1.29 is 14.7 Å². The van der Waals surface area contributed by atoms with Gasteiger partial charge in [-0.15, -0.1) is 0 Å². The molecule has 1 amide bonds. The van der Waals surface area contributed by atoms with Gasteiger partial charge < -0.3 is 10.4 Å². The molecule has 0 spiro atoms. The summed E-state index contributed by atoms with van der Waals surface area (Å²) in [6.45, 7) is 4.24. The lowest BCUT2D eigenvalue weighted by Crippen LogP contribution is -2.43. The Morgan fingerprint density at radius 3 is 2.35 bits per heavy atom. The lowest BCUT2D eigenvalue weighted by atomic mass is 9.78. The Morgan fingerprint density at radius 1 is 1.15 bits per heavy atom. The summed E-state index contributed by atoms with van der Waals surface area (Å²) in [6, 6.07) is 0.199. The fourth-order valence-electron chi connectivity index (χ4n) is 3.07. The molecule has 1 aliphatic rings. The quantitative estimate of drug-likeness (QED) is 0.671. The molecule has 116 valence electrons. The number of aliphatic carboxylic acids is 1. The van der Waals surface area contributed by atoms with Crippen molar-refractivity contribution in [2.75, 3.05) is 0 Å². The zero-order valence-corrected chi connectivity index (χ0v) is 12.9. The second-order valence-corrected chi connectivity index (χ2v) is 5.95. The van der Waals surface area contributed by atoms with Crippen molar-refractivity contribution in [3.8, 4) is 0 Å². The molecule has 0 radical (unpaired) electrons. The summed E-state index contributed by atoms with van der Waals surface area (Å²) in [5.41, 5.74) is 0. The first-order chi connectivity index (χ1) is 9.60. The molecular formula is C16H29NO3. The van der Waals surface area contributed by atoms with Crippen molar-refractivity contribution in [2.45, 2.75) is 77.7 Å². The van der Waals surface area contributed by atoms with Crippen molar-refractivity contribution in [3.05, 3.63) is 0 Å². The van der Waals surface area contributed by atoms with Crippen LogP contribution < -0.4 is 5.32 Å². The maximum atomic E-state index is 12.3. The molecule has 3 atom stereocenters. The van der Waals surface area contributed by atoms with Crippen LogP contribution in [-0.4, -0.2) is 23.0 Å². The average molecular weight is 283 g/mol. The number of carboxylic acids is 1. The molecule has 0 bridgehead atoms. The second-order valence-electron chi connectivity index (χ2n) is 5.95. The van der Waals surface area contributed by atoms with Gasteiger partial charge in [-0.3, -0.25) is 9.59 Å². The van der Waals surface area contributed by atoms with E-state index < -0.39 is 11.9 Å². The number of carbonyl (C=O) groups is 2. The Hall–Kier alpha value is -1.06. The first-order valence-electron chi connectivity index (χ1n) is 8.13. The fourth-order valence-corrected chi connectivity index (χ4v) is 3.07. The largest absolute Gasteiger partial charge is 0.481 e. The number of carboxylic acid groups (broad SMARTS) is 1. The number of carbonyl (C=O) groups excluding carboxylic acids is 1. The SMILES string of the molecule is CCCCCC(CC)NC(=O)C1CCCCC1C(=O)O. The molecule has 4 nitrogen and oxygen atoms in total. The lowest BCUT2D eigenvalue weighted by Gasteiger charge is -2.29. The minimum atomic E-state index is -0.816. The highest BCUT2D eigenvalue weighted by Crippen LogP contribution is 2.30. The molecule has 20 heavy (non-hydrogen) atoms. The summed E-state index contributed by atoms with van der Waals surface area (Å²) < 4.78 is 0. The lowest BCUT2D eigenvalue weighted by molar-refractivity contribution is -0.149. The van der Waals surface area contributed by atoms with E-state index in [1.165, 1.54) is 12.8 Å². The van der Waals surface area contributed by atoms with Gasteiger partial charge in [-0.1, -0.05) is 46.0 Å². The van der Waals surface area contributed by atoms with Crippen LogP contribution in [0.1, 0.15) is 71.6 Å². The van der Waals surface area contributed by atoms with Gasteiger partial charge in [0, 0.05) is 6.04 Å². The molecule has 0 heterocycles. The monoisotopic (exact) mass is 283 g/mol. The number of hydrogen-bond acceptors (Lipinski definition) is 2. The van der Waals surface area contributed by atoms with E-state index in [0.29, 0.717) is 12.8 Å². The summed E-state index contributed by atoms with van der Waals surface area (Å²) in [5.74, 6) is -1.68. The summed E-state index contributed by atoms with van der Waals surface area (Å²) in [6.07, 6.45) is 8.65. The molecule has 0 aliphatic heterocycles. The topological polar surface area (TPSA) is 66.4 Å². The molecule has 1 rings (SSSR count). The van der Waals surface area contributed by atoms with E-state index in [9.17, 15) is 14.7 Å². The Morgan fingerprint density at radius 2 is 1.80 bits per heavy atom. The van der Waals surface area contributed by atoms with Gasteiger partial charge in [0.1, 0.15) is 0 Å². The number of hydrogen-bond donors (Lipinski definition) is 2. The number of nitrogens with one attached hydrogen (secondary N) is 1. The highest BCUT2D eigenvalue weighted by atomic mass is 16.4. The van der Waals surface area contributed by atoms with Crippen molar-refractivity contribution in [1.82, 2.24) is 5.32 Å². The van der Waals surface area contributed by atoms with Gasteiger partial charge in [-0.05, 0) is 25.7 Å². The third-order valence-electron chi connectivity index (χ3n) is 4.42. The number of rotatable bonds is 8. The summed E-state index contributed by atoms with van der Waals surface area (Å²) in [7, 11) is 0. The molecule has 3 unspecified atom stereocenters. The van der Waals surface area contributed by atoms with Crippen LogP contribution in [0.2, 0.25) is 0 Å². The van der Waals surface area contributed by atoms with Crippen LogP contribution in [0.25, 0.3) is 0 Å². The third kappa shape index (κ3) is 5.14. The Labute approximate surface area is 122 Å². The third-order valence-corrected chi connectivity index (χ3v) is 4.42. The van der Waals surface area contributed by atoms with Crippen LogP contribution in [0.5, 0.6) is 0 Å². The van der Waals surface area contributed by atoms with Gasteiger partial charge in [-0.25, -0.2) is 0 Å². The van der Waals surface area contributed by atoms with E-state index in [1.54, 1.807) is 0 Å². The first-order valence-corrected chi connectivity index (χ1v) is 8.13. The Bertz CT molecular complexity index is 317. The molecule has 1 aliphatic carbocycles. The molecule has 1 saturated carbocycles. The minimum absolute atomic E-state index is 0.0413. The van der Waals surface area contributed by atoms with Crippen LogP contribution >= 0.6 is 0 Å². The Kier molecular flexibility index (Phi) is 7.63. The van der Waals surface area contributed by atoms with Crippen molar-refractivity contribution in [1.29, 1.82) is 0 Å². The van der Waals surface area contributed by atoms with Crippen LogP contribution in [-0.2, 0) is 9.59 Å². The summed E-state index contributed by atoms with van der Waals surface area (Å²) in [4.78, 5) is 23.6. The van der Waals surface area contributed by atoms with E-state index in [4.69, 9.17) is 0 Å². The van der Waals surface area contributed by atoms with Crippen molar-refractivity contribution in [2.24, 2.45) is 11.8 Å². The first kappa shape index (κ1) is 17.0. The van der Waals surface area contributed by atoms with Crippen molar-refractivity contribution >= 4 is 11.9 Å².